The second kappa shape index (κ2) is 8.75. The summed E-state index contributed by atoms with van der Waals surface area (Å²) in [6.45, 7) is 0.430. The second-order valence-corrected chi connectivity index (χ2v) is 6.46. The SMILES string of the molecule is CCCCc1nnc(NC(=O)c2cc(OCC(F)(F)F)ccc2[N+](=O)[O-])s1. The Hall–Kier alpha value is -2.76. The highest BCUT2D eigenvalue weighted by Crippen LogP contribution is 2.27. The molecule has 0 aliphatic heterocycles. The molecule has 2 rings (SSSR count). The lowest BCUT2D eigenvalue weighted by Crippen LogP contribution is -2.20. The summed E-state index contributed by atoms with van der Waals surface area (Å²) >= 11 is 1.12. The molecule has 1 amide bonds. The zero-order valence-electron chi connectivity index (χ0n) is 14.1. The van der Waals surface area contributed by atoms with Crippen LogP contribution in [0, 0.1) is 10.1 Å². The number of amides is 1. The van der Waals surface area contributed by atoms with Crippen LogP contribution in [-0.4, -0.2) is 33.8 Å². The average Bonchev–Trinajstić information content (AvgIpc) is 3.04. The maximum absolute atomic E-state index is 12.4. The van der Waals surface area contributed by atoms with Crippen LogP contribution >= 0.6 is 11.3 Å². The van der Waals surface area contributed by atoms with E-state index in [9.17, 15) is 28.1 Å². The van der Waals surface area contributed by atoms with Crippen LogP contribution in [0.15, 0.2) is 18.2 Å². The first-order valence-corrected chi connectivity index (χ1v) is 8.63. The van der Waals surface area contributed by atoms with Gasteiger partial charge in [0.15, 0.2) is 6.61 Å². The Labute approximate surface area is 155 Å². The smallest absolute Gasteiger partial charge is 0.422 e. The third-order valence-electron chi connectivity index (χ3n) is 3.24. The summed E-state index contributed by atoms with van der Waals surface area (Å²) in [6.07, 6.45) is -2.04. The largest absolute Gasteiger partial charge is 0.484 e. The van der Waals surface area contributed by atoms with E-state index in [1.165, 1.54) is 0 Å². The molecule has 1 aromatic carbocycles. The van der Waals surface area contributed by atoms with E-state index in [2.05, 4.69) is 20.3 Å². The molecule has 12 heteroatoms. The molecule has 0 fully saturated rings. The Balaban J connectivity index is 2.19. The number of carbonyl (C=O) groups excluding carboxylic acids is 1. The van der Waals surface area contributed by atoms with Crippen molar-refractivity contribution in [1.82, 2.24) is 10.2 Å². The van der Waals surface area contributed by atoms with E-state index in [0.29, 0.717) is 11.4 Å². The molecule has 0 unspecified atom stereocenters. The molecule has 1 aromatic heterocycles. The van der Waals surface area contributed by atoms with Gasteiger partial charge in [-0.05, 0) is 18.6 Å². The molecule has 8 nitrogen and oxygen atoms in total. The topological polar surface area (TPSA) is 107 Å². The van der Waals surface area contributed by atoms with Gasteiger partial charge in [-0.3, -0.25) is 20.2 Å². The lowest BCUT2D eigenvalue weighted by atomic mass is 10.1. The molecule has 0 bridgehead atoms. The minimum atomic E-state index is -4.58. The van der Waals surface area contributed by atoms with Gasteiger partial charge in [-0.1, -0.05) is 24.7 Å². The molecular weight excluding hydrogens is 389 g/mol. The summed E-state index contributed by atoms with van der Waals surface area (Å²) in [6, 6.07) is 2.79. The number of carbonyl (C=O) groups is 1. The quantitative estimate of drug-likeness (QED) is 0.527. The number of nitro groups is 1. The van der Waals surface area contributed by atoms with Gasteiger partial charge in [0.2, 0.25) is 5.13 Å². The first kappa shape index (κ1) is 20.6. The van der Waals surface area contributed by atoms with Crippen molar-refractivity contribution >= 4 is 28.1 Å². The Morgan fingerprint density at radius 2 is 2.11 bits per heavy atom. The van der Waals surface area contributed by atoms with Crippen molar-refractivity contribution < 1.29 is 27.6 Å². The van der Waals surface area contributed by atoms with E-state index < -0.39 is 34.9 Å². The molecule has 2 aromatic rings. The summed E-state index contributed by atoms with van der Waals surface area (Å²) in [4.78, 5) is 22.7. The number of hydrogen-bond acceptors (Lipinski definition) is 7. The maximum atomic E-state index is 12.4. The van der Waals surface area contributed by atoms with Crippen LogP contribution in [0.3, 0.4) is 0 Å². The molecule has 1 N–H and O–H groups in total. The number of hydrogen-bond donors (Lipinski definition) is 1. The fourth-order valence-corrected chi connectivity index (χ4v) is 2.79. The van der Waals surface area contributed by atoms with Gasteiger partial charge in [-0.25, -0.2) is 0 Å². The number of anilines is 1. The Kier molecular flexibility index (Phi) is 6.66. The number of aromatic nitrogens is 2. The standard InChI is InChI=1S/C15H15F3N4O4S/c1-2-3-4-12-20-21-14(27-12)19-13(23)10-7-9(26-8-15(16,17)18)5-6-11(10)22(24)25/h5-7H,2-4,8H2,1H3,(H,19,21,23). The number of nitro benzene ring substituents is 1. The number of ether oxygens (including phenoxy) is 1. The monoisotopic (exact) mass is 404 g/mol. The fraction of sp³-hybridized carbons (Fsp3) is 0.400. The van der Waals surface area contributed by atoms with Crippen molar-refractivity contribution in [2.24, 2.45) is 0 Å². The summed E-state index contributed by atoms with van der Waals surface area (Å²) in [7, 11) is 0. The number of alkyl halides is 3. The van der Waals surface area contributed by atoms with Crippen LogP contribution in [0.25, 0.3) is 0 Å². The first-order chi connectivity index (χ1) is 12.7. The summed E-state index contributed by atoms with van der Waals surface area (Å²) in [5, 5.41) is 22.0. The van der Waals surface area contributed by atoms with E-state index in [1.54, 1.807) is 0 Å². The number of nitrogens with one attached hydrogen (secondary N) is 1. The fourth-order valence-electron chi connectivity index (χ4n) is 2.01. The molecule has 0 saturated carbocycles. The third-order valence-corrected chi connectivity index (χ3v) is 4.14. The van der Waals surface area contributed by atoms with Gasteiger partial charge >= 0.3 is 6.18 Å². The minimum Gasteiger partial charge on any atom is -0.484 e. The molecule has 1 heterocycles. The van der Waals surface area contributed by atoms with E-state index in [0.717, 1.165) is 42.4 Å². The highest BCUT2D eigenvalue weighted by Gasteiger charge is 2.29. The summed E-state index contributed by atoms with van der Waals surface area (Å²) < 4.78 is 41.3. The molecule has 27 heavy (non-hydrogen) atoms. The number of unbranched alkanes of at least 4 members (excludes halogenated alkanes) is 1. The molecule has 0 atom stereocenters. The van der Waals surface area contributed by atoms with Gasteiger partial charge in [0.05, 0.1) is 4.92 Å². The van der Waals surface area contributed by atoms with Gasteiger partial charge in [0, 0.05) is 12.5 Å². The van der Waals surface area contributed by atoms with Gasteiger partial charge in [-0.2, -0.15) is 13.2 Å². The third kappa shape index (κ3) is 6.16. The van der Waals surface area contributed by atoms with Gasteiger partial charge in [0.1, 0.15) is 16.3 Å². The van der Waals surface area contributed by atoms with Crippen molar-refractivity contribution in [1.29, 1.82) is 0 Å². The molecule has 0 spiro atoms. The molecule has 146 valence electrons. The predicted molar refractivity (Wildman–Crippen MR) is 91.1 cm³/mol. The van der Waals surface area contributed by atoms with Crippen LogP contribution in [0.4, 0.5) is 24.0 Å². The second-order valence-electron chi connectivity index (χ2n) is 5.40. The maximum Gasteiger partial charge on any atom is 0.422 e. The Morgan fingerprint density at radius 1 is 1.37 bits per heavy atom. The number of rotatable bonds is 8. The summed E-state index contributed by atoms with van der Waals surface area (Å²) in [5.41, 5.74) is -1.01. The van der Waals surface area contributed by atoms with Crippen molar-refractivity contribution in [3.8, 4) is 5.75 Å². The van der Waals surface area contributed by atoms with E-state index >= 15 is 0 Å². The van der Waals surface area contributed by atoms with Crippen molar-refractivity contribution in [2.45, 2.75) is 32.4 Å². The van der Waals surface area contributed by atoms with E-state index in [1.807, 2.05) is 6.92 Å². The highest BCUT2D eigenvalue weighted by molar-refractivity contribution is 7.15. The normalized spacial score (nSPS) is 11.3. The van der Waals surface area contributed by atoms with Crippen molar-refractivity contribution in [3.05, 3.63) is 38.9 Å². The number of nitrogens with zero attached hydrogens (tertiary/aromatic N) is 3. The number of aryl methyl sites for hydroxylation is 1. The lowest BCUT2D eigenvalue weighted by Gasteiger charge is -2.10. The van der Waals surface area contributed by atoms with E-state index in [4.69, 9.17) is 0 Å². The van der Waals surface area contributed by atoms with Crippen LogP contribution in [0.2, 0.25) is 0 Å². The Bertz CT molecular complexity index is 826. The molecule has 0 aliphatic carbocycles. The van der Waals surface area contributed by atoms with Gasteiger partial charge < -0.3 is 4.74 Å². The van der Waals surface area contributed by atoms with Crippen molar-refractivity contribution in [2.75, 3.05) is 11.9 Å². The van der Waals surface area contributed by atoms with Gasteiger partial charge in [-0.15, -0.1) is 10.2 Å². The molecular formula is C15H15F3N4O4S. The zero-order chi connectivity index (χ0) is 20.0. The predicted octanol–water partition coefficient (Wildman–Crippen LogP) is 3.98. The Morgan fingerprint density at radius 3 is 2.74 bits per heavy atom. The molecule has 0 aliphatic rings. The number of halogens is 3. The first-order valence-electron chi connectivity index (χ1n) is 7.81. The van der Waals surface area contributed by atoms with Crippen LogP contribution in [0.1, 0.15) is 35.1 Å². The zero-order valence-corrected chi connectivity index (χ0v) is 14.9. The highest BCUT2D eigenvalue weighted by atomic mass is 32.1. The molecule has 0 saturated heterocycles. The molecule has 0 radical (unpaired) electrons. The lowest BCUT2D eigenvalue weighted by molar-refractivity contribution is -0.385. The van der Waals surface area contributed by atoms with Gasteiger partial charge in [0.25, 0.3) is 11.6 Å². The van der Waals surface area contributed by atoms with Crippen LogP contribution in [0.5, 0.6) is 5.75 Å². The van der Waals surface area contributed by atoms with Crippen molar-refractivity contribution in [3.63, 3.8) is 0 Å². The number of benzene rings is 1. The van der Waals surface area contributed by atoms with Crippen LogP contribution in [-0.2, 0) is 6.42 Å². The van der Waals surface area contributed by atoms with Crippen LogP contribution < -0.4 is 10.1 Å². The summed E-state index contributed by atoms with van der Waals surface area (Å²) in [5.74, 6) is -1.21. The minimum absolute atomic E-state index is 0.141. The average molecular weight is 404 g/mol. The van der Waals surface area contributed by atoms with E-state index in [-0.39, 0.29) is 10.9 Å².